The van der Waals surface area contributed by atoms with Gasteiger partial charge in [0, 0.05) is 12.6 Å². The van der Waals surface area contributed by atoms with Crippen LogP contribution in [-0.4, -0.2) is 37.8 Å². The van der Waals surface area contributed by atoms with E-state index in [2.05, 4.69) is 0 Å². The second kappa shape index (κ2) is 5.22. The van der Waals surface area contributed by atoms with Gasteiger partial charge in [-0.3, -0.25) is 0 Å². The molecule has 1 aliphatic rings. The lowest BCUT2D eigenvalue weighted by Gasteiger charge is -2.19. The number of rotatable bonds is 4. The first-order valence-electron chi connectivity index (χ1n) is 5.62. The number of nitrogens with zero attached hydrogens (tertiary/aromatic N) is 1. The zero-order valence-corrected chi connectivity index (χ0v) is 10.1. The summed E-state index contributed by atoms with van der Waals surface area (Å²) < 4.78 is 23.1. The predicted octanol–water partition coefficient (Wildman–Crippen LogP) is 1.29. The second-order valence-electron chi connectivity index (χ2n) is 4.06. The van der Waals surface area contributed by atoms with E-state index in [9.17, 15) is 9.18 Å². The molecule has 2 N–H and O–H groups in total. The zero-order chi connectivity index (χ0) is 13.1. The molecule has 18 heavy (non-hydrogen) atoms. The number of benzene rings is 1. The van der Waals surface area contributed by atoms with Crippen LogP contribution in [0.15, 0.2) is 18.2 Å². The summed E-state index contributed by atoms with van der Waals surface area (Å²) in [6.07, 6.45) is -0.376. The molecule has 1 aromatic rings. The van der Waals surface area contributed by atoms with Crippen LogP contribution in [0.2, 0.25) is 0 Å². The Hall–Kier alpha value is -1.82. The van der Waals surface area contributed by atoms with E-state index in [-0.39, 0.29) is 11.8 Å². The van der Waals surface area contributed by atoms with Crippen LogP contribution in [-0.2, 0) is 4.74 Å². The Balaban J connectivity index is 2.06. The lowest BCUT2D eigenvalue weighted by atomic mass is 10.1. The molecule has 0 spiro atoms. The van der Waals surface area contributed by atoms with Gasteiger partial charge in [0.25, 0.3) is 0 Å². The molecule has 1 unspecified atom stereocenters. The summed E-state index contributed by atoms with van der Waals surface area (Å²) >= 11 is 0. The number of methoxy groups -OCH3 is 1. The van der Waals surface area contributed by atoms with Gasteiger partial charge in [-0.25, -0.2) is 9.18 Å². The van der Waals surface area contributed by atoms with E-state index in [0.29, 0.717) is 25.3 Å². The molecule has 0 radical (unpaired) electrons. The quantitative estimate of drug-likeness (QED) is 0.879. The van der Waals surface area contributed by atoms with Gasteiger partial charge in [0.1, 0.15) is 6.61 Å². The third-order valence-electron chi connectivity index (χ3n) is 2.87. The molecule has 2 rings (SSSR count). The van der Waals surface area contributed by atoms with Crippen molar-refractivity contribution in [2.75, 3.05) is 26.8 Å². The number of hydrogen-bond donors (Lipinski definition) is 1. The first-order chi connectivity index (χ1) is 8.61. The second-order valence-corrected chi connectivity index (χ2v) is 4.06. The van der Waals surface area contributed by atoms with Crippen molar-refractivity contribution in [2.45, 2.75) is 6.04 Å². The number of ether oxygens (including phenoxy) is 2. The molecule has 1 aliphatic heterocycles. The molecule has 0 bridgehead atoms. The third kappa shape index (κ3) is 2.53. The molecule has 5 nitrogen and oxygen atoms in total. The largest absolute Gasteiger partial charge is 0.494 e. The molecule has 1 heterocycles. The lowest BCUT2D eigenvalue weighted by Crippen LogP contribution is -2.32. The molecule has 98 valence electrons. The maximum atomic E-state index is 13.5. The highest BCUT2D eigenvalue weighted by Crippen LogP contribution is 2.22. The minimum atomic E-state index is -0.463. The van der Waals surface area contributed by atoms with Crippen molar-refractivity contribution in [2.24, 2.45) is 5.73 Å². The highest BCUT2D eigenvalue weighted by atomic mass is 19.1. The molecule has 1 amide bonds. The summed E-state index contributed by atoms with van der Waals surface area (Å²) in [6, 6.07) is 4.09. The maximum absolute atomic E-state index is 13.5. The molecular formula is C12H15FN2O3. The van der Waals surface area contributed by atoms with Gasteiger partial charge in [-0.1, -0.05) is 6.07 Å². The number of cyclic esters (lactones) is 1. The molecule has 0 aromatic heterocycles. The number of carbonyl (C=O) groups is 1. The van der Waals surface area contributed by atoms with E-state index in [1.165, 1.54) is 24.1 Å². The van der Waals surface area contributed by atoms with Gasteiger partial charge in [0.15, 0.2) is 11.6 Å². The van der Waals surface area contributed by atoms with Gasteiger partial charge in [0.2, 0.25) is 0 Å². The number of amides is 1. The normalized spacial score (nSPS) is 16.6. The number of hydrogen-bond acceptors (Lipinski definition) is 4. The fourth-order valence-corrected chi connectivity index (χ4v) is 1.85. The topological polar surface area (TPSA) is 64.8 Å². The van der Waals surface area contributed by atoms with Gasteiger partial charge < -0.3 is 20.1 Å². The molecule has 0 aliphatic carbocycles. The fraction of sp³-hybridized carbons (Fsp3) is 0.417. The molecule has 1 fully saturated rings. The van der Waals surface area contributed by atoms with Crippen molar-refractivity contribution < 1.29 is 18.7 Å². The third-order valence-corrected chi connectivity index (χ3v) is 2.87. The van der Waals surface area contributed by atoms with Crippen molar-refractivity contribution in [3.63, 3.8) is 0 Å². The Morgan fingerprint density at radius 2 is 2.39 bits per heavy atom. The Labute approximate surface area is 104 Å². The van der Waals surface area contributed by atoms with Crippen LogP contribution < -0.4 is 10.5 Å². The van der Waals surface area contributed by atoms with Crippen molar-refractivity contribution in [3.05, 3.63) is 29.6 Å². The van der Waals surface area contributed by atoms with Gasteiger partial charge in [-0.15, -0.1) is 0 Å². The summed E-state index contributed by atoms with van der Waals surface area (Å²) in [5.74, 6) is -0.291. The highest BCUT2D eigenvalue weighted by molar-refractivity contribution is 5.69. The average Bonchev–Trinajstić information content (AvgIpc) is 2.75. The summed E-state index contributed by atoms with van der Waals surface area (Å²) in [6.45, 7) is 1.21. The summed E-state index contributed by atoms with van der Waals surface area (Å²) in [4.78, 5) is 12.8. The highest BCUT2D eigenvalue weighted by Gasteiger charge is 2.24. The molecule has 1 saturated heterocycles. The Kier molecular flexibility index (Phi) is 3.66. The smallest absolute Gasteiger partial charge is 0.410 e. The Morgan fingerprint density at radius 3 is 2.94 bits per heavy atom. The number of nitrogens with two attached hydrogens (primary N) is 1. The van der Waals surface area contributed by atoms with Crippen LogP contribution in [0.3, 0.4) is 0 Å². The minimum Gasteiger partial charge on any atom is -0.494 e. The molecular weight excluding hydrogens is 239 g/mol. The predicted molar refractivity (Wildman–Crippen MR) is 62.8 cm³/mol. The van der Waals surface area contributed by atoms with Crippen molar-refractivity contribution >= 4 is 6.09 Å². The fourth-order valence-electron chi connectivity index (χ4n) is 1.85. The van der Waals surface area contributed by atoms with Crippen molar-refractivity contribution in [1.82, 2.24) is 4.90 Å². The van der Waals surface area contributed by atoms with E-state index in [1.807, 2.05) is 0 Å². The lowest BCUT2D eigenvalue weighted by molar-refractivity contribution is 0.157. The maximum Gasteiger partial charge on any atom is 0.410 e. The van der Waals surface area contributed by atoms with E-state index in [4.69, 9.17) is 15.2 Å². The average molecular weight is 254 g/mol. The SMILES string of the molecule is COc1ccc(C(N)CN2CCOC2=O)cc1F. The molecule has 6 heteroatoms. The van der Waals surface area contributed by atoms with Crippen LogP contribution in [0.25, 0.3) is 0 Å². The van der Waals surface area contributed by atoms with Crippen LogP contribution in [0, 0.1) is 5.82 Å². The number of carbonyl (C=O) groups excluding carboxylic acids is 1. The monoisotopic (exact) mass is 254 g/mol. The van der Waals surface area contributed by atoms with Gasteiger partial charge in [-0.05, 0) is 17.7 Å². The van der Waals surface area contributed by atoms with E-state index < -0.39 is 11.9 Å². The van der Waals surface area contributed by atoms with Crippen LogP contribution in [0.1, 0.15) is 11.6 Å². The Morgan fingerprint density at radius 1 is 1.61 bits per heavy atom. The molecule has 1 aromatic carbocycles. The molecule has 0 saturated carbocycles. The zero-order valence-electron chi connectivity index (χ0n) is 10.1. The van der Waals surface area contributed by atoms with Crippen molar-refractivity contribution in [1.29, 1.82) is 0 Å². The standard InChI is InChI=1S/C12H15FN2O3/c1-17-11-3-2-8(6-9(11)13)10(14)7-15-4-5-18-12(15)16/h2-3,6,10H,4-5,7,14H2,1H3. The number of halogens is 1. The van der Waals surface area contributed by atoms with E-state index >= 15 is 0 Å². The first-order valence-corrected chi connectivity index (χ1v) is 5.62. The van der Waals surface area contributed by atoms with Gasteiger partial charge in [-0.2, -0.15) is 0 Å². The van der Waals surface area contributed by atoms with E-state index in [1.54, 1.807) is 6.07 Å². The molecule has 1 atom stereocenters. The summed E-state index contributed by atoms with van der Waals surface area (Å²) in [7, 11) is 1.40. The van der Waals surface area contributed by atoms with Crippen LogP contribution >= 0.6 is 0 Å². The van der Waals surface area contributed by atoms with E-state index in [0.717, 1.165) is 0 Å². The van der Waals surface area contributed by atoms with Crippen LogP contribution in [0.5, 0.6) is 5.75 Å². The van der Waals surface area contributed by atoms with Gasteiger partial charge >= 0.3 is 6.09 Å². The summed E-state index contributed by atoms with van der Waals surface area (Å²) in [5.41, 5.74) is 6.56. The minimum absolute atomic E-state index is 0.173. The Bertz CT molecular complexity index is 453. The first kappa shape index (κ1) is 12.6. The van der Waals surface area contributed by atoms with Crippen LogP contribution in [0.4, 0.5) is 9.18 Å². The van der Waals surface area contributed by atoms with Gasteiger partial charge in [0.05, 0.1) is 13.7 Å². The summed E-state index contributed by atoms with van der Waals surface area (Å²) in [5, 5.41) is 0. The van der Waals surface area contributed by atoms with Crippen molar-refractivity contribution in [3.8, 4) is 5.75 Å².